The van der Waals surface area contributed by atoms with E-state index in [1.54, 1.807) is 23.1 Å². The first kappa shape index (κ1) is 15.5. The van der Waals surface area contributed by atoms with E-state index in [1.807, 2.05) is 13.8 Å². The van der Waals surface area contributed by atoms with Crippen LogP contribution in [0.2, 0.25) is 0 Å². The Morgan fingerprint density at radius 2 is 2.05 bits per heavy atom. The van der Waals surface area contributed by atoms with Gasteiger partial charge >= 0.3 is 0 Å². The van der Waals surface area contributed by atoms with Gasteiger partial charge in [-0.3, -0.25) is 9.89 Å². The number of halogens is 1. The van der Waals surface area contributed by atoms with Crippen LogP contribution in [0, 0.1) is 5.82 Å². The lowest BCUT2D eigenvalue weighted by atomic mass is 10.2. The van der Waals surface area contributed by atoms with E-state index in [-0.39, 0.29) is 17.5 Å². The number of benzene rings is 1. The topological polar surface area (TPSA) is 61.9 Å². The highest BCUT2D eigenvalue weighted by Gasteiger charge is 2.13. The molecule has 1 amide bonds. The van der Waals surface area contributed by atoms with Crippen LogP contribution in [0.5, 0.6) is 0 Å². The van der Waals surface area contributed by atoms with Crippen molar-refractivity contribution >= 4 is 17.7 Å². The first-order valence-electron chi connectivity index (χ1n) is 6.73. The van der Waals surface area contributed by atoms with E-state index >= 15 is 0 Å². The maximum Gasteiger partial charge on any atom is 0.233 e. The van der Waals surface area contributed by atoms with E-state index in [0.29, 0.717) is 29.6 Å². The Kier molecular flexibility index (Phi) is 5.32. The average molecular weight is 308 g/mol. The van der Waals surface area contributed by atoms with Crippen molar-refractivity contribution in [2.45, 2.75) is 19.0 Å². The van der Waals surface area contributed by atoms with Crippen LogP contribution in [0.3, 0.4) is 0 Å². The van der Waals surface area contributed by atoms with Crippen LogP contribution in [0.1, 0.15) is 13.8 Å². The summed E-state index contributed by atoms with van der Waals surface area (Å²) in [7, 11) is 0. The molecule has 0 atom stereocenters. The number of aromatic nitrogens is 3. The van der Waals surface area contributed by atoms with Gasteiger partial charge in [0.05, 0.1) is 11.3 Å². The zero-order valence-electron chi connectivity index (χ0n) is 12.0. The summed E-state index contributed by atoms with van der Waals surface area (Å²) in [5.74, 6) is 0.327. The summed E-state index contributed by atoms with van der Waals surface area (Å²) >= 11 is 1.24. The molecule has 1 heterocycles. The third-order valence-corrected chi connectivity index (χ3v) is 3.87. The van der Waals surface area contributed by atoms with Gasteiger partial charge in [-0.05, 0) is 26.0 Å². The third-order valence-electron chi connectivity index (χ3n) is 3.03. The normalized spacial score (nSPS) is 10.6. The molecule has 0 aliphatic rings. The predicted molar refractivity (Wildman–Crippen MR) is 80.4 cm³/mol. The number of amides is 1. The molecule has 2 rings (SSSR count). The van der Waals surface area contributed by atoms with Gasteiger partial charge in [0.15, 0.2) is 5.82 Å². The number of nitrogens with zero attached hydrogens (tertiary/aromatic N) is 3. The fourth-order valence-electron chi connectivity index (χ4n) is 1.88. The highest BCUT2D eigenvalue weighted by molar-refractivity contribution is 7.99. The maximum atomic E-state index is 13.6. The molecule has 0 radical (unpaired) electrons. The Labute approximate surface area is 127 Å². The molecule has 1 N–H and O–H groups in total. The molecular formula is C14H17FN4OS. The van der Waals surface area contributed by atoms with E-state index in [4.69, 9.17) is 0 Å². The molecule has 1 aromatic carbocycles. The molecule has 0 saturated heterocycles. The second-order valence-electron chi connectivity index (χ2n) is 4.30. The second-order valence-corrected chi connectivity index (χ2v) is 5.24. The standard InChI is InChI=1S/C14H17FN4OS/c1-3-19(4-2)12(20)9-21-14-16-13(17-18-14)10-7-5-6-8-11(10)15/h5-8H,3-4,9H2,1-2H3,(H,16,17,18). The van der Waals surface area contributed by atoms with Crippen LogP contribution >= 0.6 is 11.8 Å². The van der Waals surface area contributed by atoms with Crippen molar-refractivity contribution in [3.05, 3.63) is 30.1 Å². The summed E-state index contributed by atoms with van der Waals surface area (Å²) in [6, 6.07) is 6.35. The summed E-state index contributed by atoms with van der Waals surface area (Å²) in [4.78, 5) is 17.8. The number of hydrogen-bond acceptors (Lipinski definition) is 4. The molecule has 1 aromatic heterocycles. The molecule has 0 aliphatic carbocycles. The molecule has 5 nitrogen and oxygen atoms in total. The first-order chi connectivity index (χ1) is 10.2. The summed E-state index contributed by atoms with van der Waals surface area (Å²) in [6.45, 7) is 5.25. The molecule has 0 fully saturated rings. The zero-order chi connectivity index (χ0) is 15.2. The van der Waals surface area contributed by atoms with E-state index in [9.17, 15) is 9.18 Å². The number of rotatable bonds is 6. The molecule has 7 heteroatoms. The Balaban J connectivity index is 2.01. The summed E-state index contributed by atoms with van der Waals surface area (Å²) in [5, 5.41) is 7.14. The van der Waals surface area contributed by atoms with Crippen LogP contribution < -0.4 is 0 Å². The minimum absolute atomic E-state index is 0.0437. The van der Waals surface area contributed by atoms with Crippen LogP contribution in [0.4, 0.5) is 4.39 Å². The van der Waals surface area contributed by atoms with Crippen LogP contribution in [-0.4, -0.2) is 44.8 Å². The summed E-state index contributed by atoms with van der Waals surface area (Å²) < 4.78 is 13.6. The number of carbonyl (C=O) groups is 1. The largest absolute Gasteiger partial charge is 0.343 e. The van der Waals surface area contributed by atoms with E-state index in [0.717, 1.165) is 0 Å². The van der Waals surface area contributed by atoms with E-state index in [2.05, 4.69) is 15.2 Å². The molecule has 0 spiro atoms. The van der Waals surface area contributed by atoms with Gasteiger partial charge in [-0.2, -0.15) is 0 Å². The van der Waals surface area contributed by atoms with E-state index in [1.165, 1.54) is 17.8 Å². The number of nitrogens with one attached hydrogen (secondary N) is 1. The van der Waals surface area contributed by atoms with Gasteiger partial charge in [0.1, 0.15) is 5.82 Å². The lowest BCUT2D eigenvalue weighted by molar-refractivity contribution is -0.127. The van der Waals surface area contributed by atoms with Gasteiger partial charge < -0.3 is 4.90 Å². The minimum Gasteiger partial charge on any atom is -0.343 e. The first-order valence-corrected chi connectivity index (χ1v) is 7.72. The Morgan fingerprint density at radius 1 is 1.33 bits per heavy atom. The van der Waals surface area contributed by atoms with Crippen LogP contribution in [0.15, 0.2) is 29.4 Å². The Bertz CT molecular complexity index is 613. The zero-order valence-corrected chi connectivity index (χ0v) is 12.8. The predicted octanol–water partition coefficient (Wildman–Crippen LogP) is 2.57. The third kappa shape index (κ3) is 3.81. The number of H-pyrrole nitrogens is 1. The smallest absolute Gasteiger partial charge is 0.233 e. The van der Waals surface area contributed by atoms with Gasteiger partial charge in [-0.1, -0.05) is 23.9 Å². The van der Waals surface area contributed by atoms with Gasteiger partial charge in [0, 0.05) is 13.1 Å². The van der Waals surface area contributed by atoms with Crippen molar-refractivity contribution in [3.8, 4) is 11.4 Å². The van der Waals surface area contributed by atoms with Gasteiger partial charge in [-0.25, -0.2) is 9.37 Å². The van der Waals surface area contributed by atoms with Gasteiger partial charge in [0.25, 0.3) is 0 Å². The monoisotopic (exact) mass is 308 g/mol. The lowest BCUT2D eigenvalue weighted by Gasteiger charge is -2.17. The average Bonchev–Trinajstić information content (AvgIpc) is 2.95. The molecular weight excluding hydrogens is 291 g/mol. The number of carbonyl (C=O) groups excluding carboxylic acids is 1. The summed E-state index contributed by atoms with van der Waals surface area (Å²) in [6.07, 6.45) is 0. The lowest BCUT2D eigenvalue weighted by Crippen LogP contribution is -2.31. The van der Waals surface area contributed by atoms with Crippen molar-refractivity contribution in [2.24, 2.45) is 0 Å². The fraction of sp³-hybridized carbons (Fsp3) is 0.357. The van der Waals surface area contributed by atoms with Gasteiger partial charge in [0.2, 0.25) is 11.1 Å². The second kappa shape index (κ2) is 7.21. The molecule has 2 aromatic rings. The fourth-order valence-corrected chi connectivity index (χ4v) is 2.58. The SMILES string of the molecule is CCN(CC)C(=O)CSc1n[nH]c(-c2ccccc2F)n1. The number of thioether (sulfide) groups is 1. The maximum absolute atomic E-state index is 13.6. The number of hydrogen-bond donors (Lipinski definition) is 1. The van der Waals surface area contributed by atoms with Crippen molar-refractivity contribution < 1.29 is 9.18 Å². The molecule has 112 valence electrons. The molecule has 0 unspecified atom stereocenters. The van der Waals surface area contributed by atoms with Crippen LogP contribution in [0.25, 0.3) is 11.4 Å². The molecule has 21 heavy (non-hydrogen) atoms. The quantitative estimate of drug-likeness (QED) is 0.833. The molecule has 0 bridgehead atoms. The molecule has 0 saturated carbocycles. The summed E-state index contributed by atoms with van der Waals surface area (Å²) in [5.41, 5.74) is 0.368. The Morgan fingerprint density at radius 3 is 2.71 bits per heavy atom. The van der Waals surface area contributed by atoms with Crippen molar-refractivity contribution in [1.82, 2.24) is 20.1 Å². The van der Waals surface area contributed by atoms with Crippen LogP contribution in [-0.2, 0) is 4.79 Å². The highest BCUT2D eigenvalue weighted by Crippen LogP contribution is 2.21. The highest BCUT2D eigenvalue weighted by atomic mass is 32.2. The van der Waals surface area contributed by atoms with Crippen molar-refractivity contribution in [2.75, 3.05) is 18.8 Å². The van der Waals surface area contributed by atoms with Crippen molar-refractivity contribution in [1.29, 1.82) is 0 Å². The minimum atomic E-state index is -0.357. The van der Waals surface area contributed by atoms with Gasteiger partial charge in [-0.15, -0.1) is 5.10 Å². The van der Waals surface area contributed by atoms with Crippen molar-refractivity contribution in [3.63, 3.8) is 0 Å². The van der Waals surface area contributed by atoms with E-state index < -0.39 is 0 Å². The molecule has 0 aliphatic heterocycles. The number of aromatic amines is 1. The Hall–Kier alpha value is -1.89.